The van der Waals surface area contributed by atoms with Crippen LogP contribution in [-0.2, 0) is 63.0 Å². The van der Waals surface area contributed by atoms with Gasteiger partial charge in [0.25, 0.3) is 0 Å². The fraction of sp³-hybridized carbons (Fsp3) is 0.302. The maximum Gasteiger partial charge on any atom is 0.339 e. The summed E-state index contributed by atoms with van der Waals surface area (Å²) in [5, 5.41) is 0. The summed E-state index contributed by atoms with van der Waals surface area (Å²) in [6, 6.07) is 17.8. The van der Waals surface area contributed by atoms with Crippen molar-refractivity contribution < 1.29 is 92.7 Å². The van der Waals surface area contributed by atoms with Crippen LogP contribution < -0.4 is 0 Å². The SMILES string of the molecule is O=C(OC1CC(OC(=O)c2cc(I)cc(I)c2I)C(C(=O)OCCS(=O)(=O)[O-])C(OC(=O)c2cc(I)cc(I)c2I)C1)c1cc(I)cc(I)c1I.O=C(OC1CC(OC(=O)c2cc(I)cc(I)c2I)CC(C(=O)OCCS(=O)(=O)[O-])C1)c1cc(I)cc(I)c1I. The molecule has 0 aromatic heterocycles. The summed E-state index contributed by atoms with van der Waals surface area (Å²) in [6.45, 7) is -1.36. The summed E-state index contributed by atoms with van der Waals surface area (Å²) in [5.41, 5.74) is 1.51. The second kappa shape index (κ2) is 37.4. The first-order chi connectivity index (χ1) is 41.9. The molecule has 90 heavy (non-hydrogen) atoms. The predicted molar refractivity (Wildman–Crippen MR) is 450 cm³/mol. The van der Waals surface area contributed by atoms with Gasteiger partial charge in [-0.2, -0.15) is 0 Å². The van der Waals surface area contributed by atoms with Crippen LogP contribution in [0.3, 0.4) is 0 Å². The first kappa shape index (κ1) is 82.1. The van der Waals surface area contributed by atoms with E-state index >= 15 is 0 Å². The fourth-order valence-corrected chi connectivity index (χ4v) is 21.1. The first-order valence-corrected chi connectivity index (χ1v) is 44.2. The third-order valence-corrected chi connectivity index (χ3v) is 32.2. The monoisotopic (exact) mass is 2960 g/mol. The lowest BCUT2D eigenvalue weighted by Crippen LogP contribution is -2.51. The molecule has 486 valence electrons. The minimum atomic E-state index is -4.73. The Morgan fingerprint density at radius 3 is 0.867 bits per heavy atom. The minimum Gasteiger partial charge on any atom is -0.748 e. The molecule has 4 unspecified atom stereocenters. The number of rotatable bonds is 18. The lowest BCUT2D eigenvalue weighted by molar-refractivity contribution is -0.165. The summed E-state index contributed by atoms with van der Waals surface area (Å²) >= 11 is 31.2. The van der Waals surface area contributed by atoms with E-state index in [0.717, 1.165) is 42.8 Å². The van der Waals surface area contributed by atoms with Crippen LogP contribution in [0.5, 0.6) is 0 Å². The molecule has 37 heteroatoms. The van der Waals surface area contributed by atoms with Crippen LogP contribution in [0.25, 0.3) is 0 Å². The molecule has 0 radical (unpaired) electrons. The van der Waals surface area contributed by atoms with Gasteiger partial charge in [-0.25, -0.2) is 40.8 Å². The molecule has 4 atom stereocenters. The fourth-order valence-electron chi connectivity index (χ4n) is 8.66. The molecule has 2 saturated carbocycles. The zero-order valence-electron chi connectivity index (χ0n) is 44.3. The highest BCUT2D eigenvalue weighted by Gasteiger charge is 2.49. The lowest BCUT2D eigenvalue weighted by Gasteiger charge is -2.39. The summed E-state index contributed by atoms with van der Waals surface area (Å²) < 4.78 is 118. The number of carbonyl (C=O) groups excluding carboxylic acids is 7. The highest BCUT2D eigenvalue weighted by atomic mass is 127. The molecule has 5 aromatic carbocycles. The summed E-state index contributed by atoms with van der Waals surface area (Å²) in [7, 11) is -9.29. The minimum absolute atomic E-state index is 0.0962. The zero-order chi connectivity index (χ0) is 67.0. The van der Waals surface area contributed by atoms with Crippen molar-refractivity contribution in [2.45, 2.75) is 62.6 Å². The number of esters is 7. The van der Waals surface area contributed by atoms with Crippen molar-refractivity contribution in [1.82, 2.24) is 0 Å². The molecule has 0 N–H and O–H groups in total. The van der Waals surface area contributed by atoms with E-state index in [1.54, 1.807) is 30.3 Å². The highest BCUT2D eigenvalue weighted by molar-refractivity contribution is 14.1. The molecule has 0 amide bonds. The topological polar surface area (TPSA) is 298 Å². The number of carbonyl (C=O) groups is 7. The molecule has 0 spiro atoms. The van der Waals surface area contributed by atoms with Crippen LogP contribution in [0.4, 0.5) is 0 Å². The molecule has 2 aliphatic carbocycles. The average molecular weight is 2960 g/mol. The van der Waals surface area contributed by atoms with E-state index in [2.05, 4.69) is 294 Å². The third kappa shape index (κ3) is 24.7. The zero-order valence-corrected chi connectivity index (χ0v) is 78.3. The molecule has 2 aliphatic rings. The molecular weight excluding hydrogens is 2920 g/mol. The van der Waals surface area contributed by atoms with Gasteiger partial charge in [-0.1, -0.05) is 0 Å². The van der Waals surface area contributed by atoms with Gasteiger partial charge < -0.3 is 42.3 Å². The number of hydrogen-bond acceptors (Lipinski definition) is 20. The van der Waals surface area contributed by atoms with Gasteiger partial charge in [0.1, 0.15) is 49.7 Å². The van der Waals surface area contributed by atoms with Crippen molar-refractivity contribution in [3.05, 3.63) is 142 Å². The van der Waals surface area contributed by atoms with E-state index in [-0.39, 0.29) is 43.2 Å². The summed E-state index contributed by atoms with van der Waals surface area (Å²) in [5.74, 6) is -9.35. The Kier molecular flexibility index (Phi) is 34.1. The van der Waals surface area contributed by atoms with Gasteiger partial charge in [0.05, 0.1) is 65.5 Å². The number of ether oxygens (including phenoxy) is 7. The van der Waals surface area contributed by atoms with Crippen molar-refractivity contribution in [2.75, 3.05) is 24.7 Å². The maximum absolute atomic E-state index is 13.8. The Bertz CT molecular complexity index is 3740. The van der Waals surface area contributed by atoms with E-state index in [1.165, 1.54) is 0 Å². The van der Waals surface area contributed by atoms with E-state index in [0.29, 0.717) is 27.4 Å². The van der Waals surface area contributed by atoms with Crippen LogP contribution in [0, 0.1) is 65.4 Å². The lowest BCUT2D eigenvalue weighted by atomic mass is 9.81. The van der Waals surface area contributed by atoms with Crippen molar-refractivity contribution in [3.8, 4) is 0 Å². The number of halogens is 15. The molecule has 0 heterocycles. The van der Waals surface area contributed by atoms with Gasteiger partial charge in [0.2, 0.25) is 0 Å². The smallest absolute Gasteiger partial charge is 0.339 e. The van der Waals surface area contributed by atoms with Crippen LogP contribution in [0.1, 0.15) is 83.9 Å². The van der Waals surface area contributed by atoms with Crippen LogP contribution in [0.15, 0.2) is 60.7 Å². The van der Waals surface area contributed by atoms with Crippen molar-refractivity contribution in [2.24, 2.45) is 11.8 Å². The molecular formula is C53H35I15O20S2-2. The number of benzene rings is 5. The number of hydrogen-bond donors (Lipinski definition) is 0. The highest BCUT2D eigenvalue weighted by Crippen LogP contribution is 2.38. The molecule has 5 aromatic rings. The molecule has 7 rings (SSSR count). The van der Waals surface area contributed by atoms with Gasteiger partial charge in [0.15, 0.2) is 0 Å². The summed E-state index contributed by atoms with van der Waals surface area (Å²) in [4.78, 5) is 93.8. The molecule has 0 saturated heterocycles. The van der Waals surface area contributed by atoms with Crippen molar-refractivity contribution in [1.29, 1.82) is 0 Å². The first-order valence-electron chi connectivity index (χ1n) is 24.9. The van der Waals surface area contributed by atoms with Crippen LogP contribution >= 0.6 is 339 Å². The summed E-state index contributed by atoms with van der Waals surface area (Å²) in [6.07, 6.45) is -5.28. The Balaban J connectivity index is 0.000000297. The largest absolute Gasteiger partial charge is 0.748 e. The molecule has 2 fully saturated rings. The standard InChI is InChI=1S/C30H19I9O11S.C23H18I6O9S/c31-11-3-15(24(37)18(34)6-11)27(40)48-14-9-21(49-28(41)16-4-12(32)7-19(35)25(16)38)23(30(43)47-1-2-51(44,45)46)22(10-14)50-29(42)17-5-13(33)8-20(36)26(17)39;24-11-5-15(19(28)17(26)7-11)22(31)37-13-3-10(21(30)36-1-2-39(33,34)35)4-14(9-13)38-23(32)16-6-12(25)8-18(27)20(16)29/h3-8,14,21-23H,1-2,9-10H2,(H,44,45,46);5-8,10,13-14H,1-4,9H2,(H,33,34,35)/p-2. The molecule has 20 nitrogen and oxygen atoms in total. The Morgan fingerprint density at radius 1 is 0.356 bits per heavy atom. The third-order valence-electron chi connectivity index (χ3n) is 12.6. The van der Waals surface area contributed by atoms with Crippen molar-refractivity contribution >= 4 is 401 Å². The average Bonchev–Trinajstić information content (AvgIpc) is 0.820. The predicted octanol–water partition coefficient (Wildman–Crippen LogP) is 14.6. The second-order valence-electron chi connectivity index (χ2n) is 19.0. The molecule has 0 bridgehead atoms. The van der Waals surface area contributed by atoms with Gasteiger partial charge in [-0.05, 0) is 412 Å². The van der Waals surface area contributed by atoms with Crippen molar-refractivity contribution in [3.63, 3.8) is 0 Å². The quantitative estimate of drug-likeness (QED) is 0.0259. The molecule has 0 aliphatic heterocycles. The van der Waals surface area contributed by atoms with E-state index in [4.69, 9.17) is 33.2 Å². The van der Waals surface area contributed by atoms with E-state index in [1.807, 2.05) is 75.5 Å². The maximum atomic E-state index is 13.8. The Hall–Kier alpha value is 3.16. The van der Waals surface area contributed by atoms with Gasteiger partial charge in [0, 0.05) is 72.8 Å². The van der Waals surface area contributed by atoms with E-state index < -0.39 is 129 Å². The Labute approximate surface area is 720 Å². The van der Waals surface area contributed by atoms with Crippen LogP contribution in [-0.4, -0.2) is 123 Å². The second-order valence-corrected chi connectivity index (χ2v) is 39.5. The normalized spacial score (nSPS) is 19.1. The van der Waals surface area contributed by atoms with Gasteiger partial charge in [-0.15, -0.1) is 0 Å². The van der Waals surface area contributed by atoms with E-state index in [9.17, 15) is 59.5 Å². The van der Waals surface area contributed by atoms with Crippen LogP contribution in [0.2, 0.25) is 0 Å². The van der Waals surface area contributed by atoms with Gasteiger partial charge >= 0.3 is 41.8 Å². The van der Waals surface area contributed by atoms with Gasteiger partial charge in [-0.3, -0.25) is 9.59 Å². The Morgan fingerprint density at radius 2 is 0.600 bits per heavy atom.